The zero-order chi connectivity index (χ0) is 16.7. The second-order valence-electron chi connectivity index (χ2n) is 7.24. The molecule has 1 amide bonds. The van der Waals surface area contributed by atoms with Gasteiger partial charge in [0.05, 0.1) is 17.8 Å². The van der Waals surface area contributed by atoms with Crippen molar-refractivity contribution in [3.8, 4) is 0 Å². The maximum atomic E-state index is 12.7. The summed E-state index contributed by atoms with van der Waals surface area (Å²) in [4.78, 5) is 17.2. The molecule has 2 saturated carbocycles. The number of aromatic nitrogens is 2. The highest BCUT2D eigenvalue weighted by Gasteiger charge is 2.30. The molecule has 2 aliphatic rings. The lowest BCUT2D eigenvalue weighted by Gasteiger charge is -2.29. The molecule has 2 aromatic heterocycles. The molecule has 128 valence electrons. The molecule has 5 heteroatoms. The van der Waals surface area contributed by atoms with Gasteiger partial charge in [0.2, 0.25) is 0 Å². The van der Waals surface area contributed by atoms with Gasteiger partial charge in [-0.2, -0.15) is 0 Å². The third kappa shape index (κ3) is 3.18. The smallest absolute Gasteiger partial charge is 0.255 e. The van der Waals surface area contributed by atoms with Gasteiger partial charge in [0.25, 0.3) is 5.91 Å². The first-order valence-electron chi connectivity index (χ1n) is 9.02. The fourth-order valence-electron chi connectivity index (χ4n) is 3.65. The quantitative estimate of drug-likeness (QED) is 0.938. The van der Waals surface area contributed by atoms with Gasteiger partial charge in [-0.1, -0.05) is 0 Å². The average Bonchev–Trinajstić information content (AvgIpc) is 3.25. The molecule has 0 saturated heterocycles. The average molecular weight is 327 g/mol. The van der Waals surface area contributed by atoms with Crippen molar-refractivity contribution in [1.29, 1.82) is 0 Å². The summed E-state index contributed by atoms with van der Waals surface area (Å²) in [5, 5.41) is 3.19. The van der Waals surface area contributed by atoms with Crippen LogP contribution in [-0.4, -0.2) is 33.5 Å². The van der Waals surface area contributed by atoms with E-state index in [1.807, 2.05) is 36.6 Å². The first-order valence-corrected chi connectivity index (χ1v) is 9.02. The molecule has 0 radical (unpaired) electrons. The number of aryl methyl sites for hydroxylation is 2. The molecule has 4 rings (SSSR count). The Labute approximate surface area is 142 Å². The third-order valence-electron chi connectivity index (χ3n) is 5.10. The van der Waals surface area contributed by atoms with E-state index in [-0.39, 0.29) is 11.9 Å². The summed E-state index contributed by atoms with van der Waals surface area (Å²) in [7, 11) is 0. The van der Waals surface area contributed by atoms with Gasteiger partial charge in [0, 0.05) is 23.6 Å². The molecule has 2 aromatic rings. The Morgan fingerprint density at radius 1 is 1.17 bits per heavy atom. The van der Waals surface area contributed by atoms with Gasteiger partial charge in [0.1, 0.15) is 5.65 Å². The summed E-state index contributed by atoms with van der Waals surface area (Å²) < 4.78 is 7.96. The number of nitrogens with one attached hydrogen (secondary N) is 1. The Morgan fingerprint density at radius 2 is 1.83 bits per heavy atom. The molecule has 0 bridgehead atoms. The topological polar surface area (TPSA) is 55.6 Å². The van der Waals surface area contributed by atoms with Crippen LogP contribution in [0.4, 0.5) is 0 Å². The van der Waals surface area contributed by atoms with Gasteiger partial charge in [-0.25, -0.2) is 4.98 Å². The molecule has 5 nitrogen and oxygen atoms in total. The third-order valence-corrected chi connectivity index (χ3v) is 5.10. The Hall–Kier alpha value is -1.88. The van der Waals surface area contributed by atoms with Gasteiger partial charge >= 0.3 is 0 Å². The lowest BCUT2D eigenvalue weighted by Crippen LogP contribution is -2.39. The zero-order valence-electron chi connectivity index (χ0n) is 14.4. The first-order chi connectivity index (χ1) is 11.6. The summed E-state index contributed by atoms with van der Waals surface area (Å²) in [6, 6.07) is 4.14. The van der Waals surface area contributed by atoms with E-state index in [0.717, 1.165) is 42.7 Å². The molecule has 24 heavy (non-hydrogen) atoms. The Balaban J connectivity index is 1.41. The van der Waals surface area contributed by atoms with Gasteiger partial charge in [-0.3, -0.25) is 4.79 Å². The van der Waals surface area contributed by atoms with Crippen LogP contribution in [0.5, 0.6) is 0 Å². The van der Waals surface area contributed by atoms with Crippen LogP contribution in [0, 0.1) is 13.8 Å². The van der Waals surface area contributed by atoms with Crippen molar-refractivity contribution in [2.45, 2.75) is 70.6 Å². The van der Waals surface area contributed by atoms with E-state index in [4.69, 9.17) is 4.74 Å². The van der Waals surface area contributed by atoms with Crippen LogP contribution in [0.3, 0.4) is 0 Å². The number of carbonyl (C=O) groups is 1. The molecule has 0 atom stereocenters. The van der Waals surface area contributed by atoms with Crippen LogP contribution in [0.2, 0.25) is 0 Å². The Bertz CT molecular complexity index is 755. The van der Waals surface area contributed by atoms with Crippen molar-refractivity contribution in [3.05, 3.63) is 35.3 Å². The molecule has 2 fully saturated rings. The number of ether oxygens (including phenoxy) is 1. The largest absolute Gasteiger partial charge is 0.375 e. The maximum absolute atomic E-state index is 12.7. The molecular weight excluding hydrogens is 302 g/mol. The van der Waals surface area contributed by atoms with E-state index in [1.54, 1.807) is 0 Å². The summed E-state index contributed by atoms with van der Waals surface area (Å²) in [5.74, 6) is -0.0124. The fourth-order valence-corrected chi connectivity index (χ4v) is 3.65. The molecule has 0 unspecified atom stereocenters. The first kappa shape index (κ1) is 15.6. The van der Waals surface area contributed by atoms with Gasteiger partial charge < -0.3 is 14.5 Å². The molecule has 2 heterocycles. The molecule has 0 aromatic carbocycles. The number of nitrogens with zero attached hydrogens (tertiary/aromatic N) is 2. The van der Waals surface area contributed by atoms with Crippen LogP contribution >= 0.6 is 0 Å². The normalized spacial score (nSPS) is 24.2. The molecule has 0 spiro atoms. The van der Waals surface area contributed by atoms with Gasteiger partial charge in [-0.05, 0) is 64.5 Å². The van der Waals surface area contributed by atoms with E-state index in [0.29, 0.717) is 17.8 Å². The van der Waals surface area contributed by atoms with Crippen LogP contribution < -0.4 is 5.32 Å². The van der Waals surface area contributed by atoms with Crippen LogP contribution in [0.25, 0.3) is 5.65 Å². The van der Waals surface area contributed by atoms with Gasteiger partial charge in [-0.15, -0.1) is 0 Å². The number of carbonyl (C=O) groups excluding carboxylic acids is 1. The van der Waals surface area contributed by atoms with Crippen molar-refractivity contribution >= 4 is 11.6 Å². The molecule has 1 N–H and O–H groups in total. The van der Waals surface area contributed by atoms with E-state index in [9.17, 15) is 4.79 Å². The summed E-state index contributed by atoms with van der Waals surface area (Å²) in [5.41, 5.74) is 3.44. The Morgan fingerprint density at radius 3 is 2.50 bits per heavy atom. The second kappa shape index (κ2) is 6.20. The minimum atomic E-state index is -0.0124. The summed E-state index contributed by atoms with van der Waals surface area (Å²) in [6.45, 7) is 3.99. The Kier molecular flexibility index (Phi) is 4.04. The number of hydrogen-bond acceptors (Lipinski definition) is 3. The number of hydrogen-bond donors (Lipinski definition) is 1. The van der Waals surface area contributed by atoms with E-state index in [1.165, 1.54) is 12.8 Å². The van der Waals surface area contributed by atoms with Crippen LogP contribution in [-0.2, 0) is 4.74 Å². The molecule has 0 aliphatic heterocycles. The van der Waals surface area contributed by atoms with Gasteiger partial charge in [0.15, 0.2) is 0 Å². The SMILES string of the molecule is Cc1cc(C)n2ccc(C(=O)N[C@H]3CC[C@H](OC4CC4)CC3)c2n1. The summed E-state index contributed by atoms with van der Waals surface area (Å²) >= 11 is 0. The van der Waals surface area contributed by atoms with Crippen molar-refractivity contribution in [1.82, 2.24) is 14.7 Å². The lowest BCUT2D eigenvalue weighted by molar-refractivity contribution is 0.0110. The highest BCUT2D eigenvalue weighted by Crippen LogP contribution is 2.30. The highest BCUT2D eigenvalue weighted by atomic mass is 16.5. The molecular formula is C19H25N3O2. The monoisotopic (exact) mass is 327 g/mol. The van der Waals surface area contributed by atoms with Crippen molar-refractivity contribution in [3.63, 3.8) is 0 Å². The molecule has 2 aliphatic carbocycles. The van der Waals surface area contributed by atoms with Crippen molar-refractivity contribution in [2.24, 2.45) is 0 Å². The second-order valence-corrected chi connectivity index (χ2v) is 7.24. The standard InChI is InChI=1S/C19H25N3O2/c1-12-11-13(2)22-10-9-17(18(22)20-12)19(23)21-14-3-5-15(6-4-14)24-16-7-8-16/h9-11,14-16H,3-8H2,1-2H3,(H,21,23)/t14-,15-. The number of rotatable bonds is 4. The number of amides is 1. The predicted octanol–water partition coefficient (Wildman–Crippen LogP) is 3.17. The fraction of sp³-hybridized carbons (Fsp3) is 0.579. The minimum absolute atomic E-state index is 0.0124. The van der Waals surface area contributed by atoms with E-state index < -0.39 is 0 Å². The maximum Gasteiger partial charge on any atom is 0.255 e. The summed E-state index contributed by atoms with van der Waals surface area (Å²) in [6.07, 6.45) is 9.39. The van der Waals surface area contributed by atoms with Crippen molar-refractivity contribution < 1.29 is 9.53 Å². The number of fused-ring (bicyclic) bond motifs is 1. The lowest BCUT2D eigenvalue weighted by atomic mass is 9.92. The highest BCUT2D eigenvalue weighted by molar-refractivity contribution is 6.00. The van der Waals surface area contributed by atoms with Crippen LogP contribution in [0.15, 0.2) is 18.3 Å². The zero-order valence-corrected chi connectivity index (χ0v) is 14.4. The minimum Gasteiger partial charge on any atom is -0.375 e. The van der Waals surface area contributed by atoms with Crippen molar-refractivity contribution in [2.75, 3.05) is 0 Å². The predicted molar refractivity (Wildman–Crippen MR) is 92.3 cm³/mol. The van der Waals surface area contributed by atoms with Crippen LogP contribution in [0.1, 0.15) is 60.3 Å². The van der Waals surface area contributed by atoms with E-state index >= 15 is 0 Å². The van der Waals surface area contributed by atoms with E-state index in [2.05, 4.69) is 10.3 Å².